The van der Waals surface area contributed by atoms with Crippen molar-refractivity contribution in [3.05, 3.63) is 35.6 Å². The van der Waals surface area contributed by atoms with E-state index in [0.29, 0.717) is 5.56 Å². The molecule has 0 radical (unpaired) electrons. The molecule has 0 unspecified atom stereocenters. The van der Waals surface area contributed by atoms with Crippen LogP contribution in [0.25, 0.3) is 0 Å². The lowest BCUT2D eigenvalue weighted by atomic mass is 10.2. The van der Waals surface area contributed by atoms with Crippen molar-refractivity contribution >= 4 is 18.3 Å². The second-order valence-electron chi connectivity index (χ2n) is 2.74. The van der Waals surface area contributed by atoms with E-state index >= 15 is 0 Å². The molecule has 0 saturated carbocycles. The van der Waals surface area contributed by atoms with Crippen LogP contribution in [-0.4, -0.2) is 18.3 Å². The van der Waals surface area contributed by atoms with E-state index in [1.54, 1.807) is 5.32 Å². The lowest BCUT2D eigenvalue weighted by Crippen LogP contribution is -2.40. The van der Waals surface area contributed by atoms with Crippen molar-refractivity contribution in [3.8, 4) is 0 Å². The van der Waals surface area contributed by atoms with E-state index in [1.165, 1.54) is 30.5 Å². The van der Waals surface area contributed by atoms with E-state index in [4.69, 9.17) is 0 Å². The Morgan fingerprint density at radius 3 is 2.50 bits per heavy atom. The maximum atomic E-state index is 12.5. The highest BCUT2D eigenvalue weighted by Crippen LogP contribution is 1.99. The van der Waals surface area contributed by atoms with Crippen LogP contribution in [0, 0.1) is 5.82 Å². The van der Waals surface area contributed by atoms with Gasteiger partial charge in [-0.05, 0) is 17.7 Å². The highest BCUT2D eigenvalue weighted by molar-refractivity contribution is 5.92. The Morgan fingerprint density at radius 1 is 1.31 bits per heavy atom. The molecule has 0 saturated heterocycles. The number of hydrogen-bond acceptors (Lipinski definition) is 3. The molecule has 0 aliphatic carbocycles. The number of nitrogens with zero attached hydrogens (tertiary/aromatic N) is 1. The number of carbonyl (C=O) groups is 2. The number of nitrogens with one attached hydrogen (secondary N) is 2. The van der Waals surface area contributed by atoms with Crippen LogP contribution in [0.4, 0.5) is 14.0 Å². The van der Waals surface area contributed by atoms with Crippen LogP contribution >= 0.6 is 0 Å². The molecule has 0 aromatic heterocycles. The van der Waals surface area contributed by atoms with Crippen LogP contribution in [0.2, 0.25) is 0 Å². The summed E-state index contributed by atoms with van der Waals surface area (Å²) in [7, 11) is 0. The summed E-state index contributed by atoms with van der Waals surface area (Å²) in [5.41, 5.74) is 7.29. The number of hydrazone groups is 1. The second kappa shape index (κ2) is 5.44. The molecular weight excluding hydrogens is 215 g/mol. The van der Waals surface area contributed by atoms with Crippen LogP contribution in [0.15, 0.2) is 29.4 Å². The lowest BCUT2D eigenvalue weighted by molar-refractivity contribution is 0.232. The molecule has 16 heavy (non-hydrogen) atoms. The Balaban J connectivity index is 2.45. The fourth-order valence-electron chi connectivity index (χ4n) is 0.854. The van der Waals surface area contributed by atoms with Crippen molar-refractivity contribution < 1.29 is 14.0 Å². The third-order valence-electron chi connectivity index (χ3n) is 1.49. The first-order chi connectivity index (χ1) is 7.58. The maximum Gasteiger partial charge on any atom is 0.343 e. The predicted molar refractivity (Wildman–Crippen MR) is 55.2 cm³/mol. The van der Waals surface area contributed by atoms with Gasteiger partial charge in [-0.1, -0.05) is 12.1 Å². The van der Waals surface area contributed by atoms with Crippen molar-refractivity contribution in [2.45, 2.75) is 0 Å². The zero-order valence-electron chi connectivity index (χ0n) is 8.11. The predicted octanol–water partition coefficient (Wildman–Crippen LogP) is 0.537. The van der Waals surface area contributed by atoms with Crippen molar-refractivity contribution in [2.24, 2.45) is 10.8 Å². The molecule has 0 aliphatic heterocycles. The maximum absolute atomic E-state index is 12.5. The van der Waals surface area contributed by atoms with Gasteiger partial charge >= 0.3 is 12.1 Å². The molecule has 4 N–H and O–H groups in total. The molecular formula is C9H9FN4O2. The van der Waals surface area contributed by atoms with Crippen LogP contribution in [0.1, 0.15) is 5.56 Å². The largest absolute Gasteiger partial charge is 0.351 e. The summed E-state index contributed by atoms with van der Waals surface area (Å²) in [6.45, 7) is 0. The summed E-state index contributed by atoms with van der Waals surface area (Å²) >= 11 is 0. The third kappa shape index (κ3) is 4.18. The minimum atomic E-state index is -0.977. The summed E-state index contributed by atoms with van der Waals surface area (Å²) in [4.78, 5) is 21.0. The van der Waals surface area contributed by atoms with E-state index in [1.807, 2.05) is 5.43 Å². The summed E-state index contributed by atoms with van der Waals surface area (Å²) in [5.74, 6) is -0.364. The van der Waals surface area contributed by atoms with Gasteiger partial charge in [-0.3, -0.25) is 5.32 Å². The smallest absolute Gasteiger partial charge is 0.343 e. The van der Waals surface area contributed by atoms with E-state index < -0.39 is 12.1 Å². The molecule has 0 aliphatic rings. The average molecular weight is 224 g/mol. The van der Waals surface area contributed by atoms with Gasteiger partial charge in [-0.15, -0.1) is 0 Å². The van der Waals surface area contributed by atoms with Crippen LogP contribution in [0.3, 0.4) is 0 Å². The first kappa shape index (κ1) is 11.6. The molecule has 0 atom stereocenters. The van der Waals surface area contributed by atoms with Crippen molar-refractivity contribution in [1.29, 1.82) is 0 Å². The number of halogens is 1. The Labute approximate surface area is 90.3 Å². The molecule has 0 fully saturated rings. The zero-order chi connectivity index (χ0) is 12.0. The fourth-order valence-corrected chi connectivity index (χ4v) is 0.854. The number of carbonyl (C=O) groups excluding carboxylic acids is 2. The van der Waals surface area contributed by atoms with E-state index in [-0.39, 0.29) is 5.82 Å². The minimum absolute atomic E-state index is 0.364. The topological polar surface area (TPSA) is 96.6 Å². The van der Waals surface area contributed by atoms with Crippen LogP contribution in [0.5, 0.6) is 0 Å². The minimum Gasteiger partial charge on any atom is -0.351 e. The number of hydrogen-bond donors (Lipinski definition) is 3. The monoisotopic (exact) mass is 224 g/mol. The van der Waals surface area contributed by atoms with Gasteiger partial charge in [0.05, 0.1) is 6.21 Å². The number of imide groups is 1. The van der Waals surface area contributed by atoms with Crippen LogP contribution in [-0.2, 0) is 0 Å². The highest BCUT2D eigenvalue weighted by atomic mass is 19.1. The van der Waals surface area contributed by atoms with Crippen molar-refractivity contribution in [2.75, 3.05) is 0 Å². The number of rotatable bonds is 2. The number of amides is 4. The second-order valence-corrected chi connectivity index (χ2v) is 2.74. The summed E-state index contributed by atoms with van der Waals surface area (Å²) in [6, 6.07) is 3.65. The van der Waals surface area contributed by atoms with E-state index in [2.05, 4.69) is 10.8 Å². The van der Waals surface area contributed by atoms with Gasteiger partial charge in [0.1, 0.15) is 5.82 Å². The van der Waals surface area contributed by atoms with Crippen LogP contribution < -0.4 is 16.5 Å². The number of nitrogens with two attached hydrogens (primary N) is 1. The normalized spacial score (nSPS) is 10.1. The SMILES string of the molecule is NC(=O)NC(=O)N/N=C\c1ccc(F)cc1. The molecule has 84 valence electrons. The summed E-state index contributed by atoms with van der Waals surface area (Å²) in [5, 5.41) is 5.26. The summed E-state index contributed by atoms with van der Waals surface area (Å²) < 4.78 is 12.5. The Hall–Kier alpha value is -2.44. The molecule has 4 amide bonds. The van der Waals surface area contributed by atoms with Gasteiger partial charge in [0.2, 0.25) is 0 Å². The molecule has 0 spiro atoms. The van der Waals surface area contributed by atoms with Gasteiger partial charge in [-0.25, -0.2) is 19.4 Å². The number of benzene rings is 1. The number of primary amides is 1. The van der Waals surface area contributed by atoms with Gasteiger partial charge < -0.3 is 5.73 Å². The van der Waals surface area contributed by atoms with Gasteiger partial charge in [0.25, 0.3) is 0 Å². The standard InChI is InChI=1S/C9H9FN4O2/c10-7-3-1-6(2-4-7)5-12-14-9(16)13-8(11)15/h1-5H,(H4,11,13,14,15,16)/b12-5-. The lowest BCUT2D eigenvalue weighted by Gasteiger charge is -1.98. The third-order valence-corrected chi connectivity index (χ3v) is 1.49. The summed E-state index contributed by atoms with van der Waals surface area (Å²) in [6.07, 6.45) is 1.29. The fraction of sp³-hybridized carbons (Fsp3) is 0. The molecule has 6 nitrogen and oxygen atoms in total. The molecule has 1 rings (SSSR count). The van der Waals surface area contributed by atoms with Crippen molar-refractivity contribution in [3.63, 3.8) is 0 Å². The van der Waals surface area contributed by atoms with Gasteiger partial charge in [-0.2, -0.15) is 5.10 Å². The van der Waals surface area contributed by atoms with Gasteiger partial charge in [0.15, 0.2) is 0 Å². The highest BCUT2D eigenvalue weighted by Gasteiger charge is 1.99. The van der Waals surface area contributed by atoms with Crippen molar-refractivity contribution in [1.82, 2.24) is 10.7 Å². The van der Waals surface area contributed by atoms with Gasteiger partial charge in [0, 0.05) is 0 Å². The first-order valence-electron chi connectivity index (χ1n) is 4.23. The Kier molecular flexibility index (Phi) is 3.96. The molecule has 7 heteroatoms. The molecule has 0 bridgehead atoms. The molecule has 1 aromatic rings. The Bertz CT molecular complexity index is 416. The number of urea groups is 2. The zero-order valence-corrected chi connectivity index (χ0v) is 8.11. The molecule has 1 aromatic carbocycles. The molecule has 0 heterocycles. The average Bonchev–Trinajstić information content (AvgIpc) is 2.20. The van der Waals surface area contributed by atoms with E-state index in [0.717, 1.165) is 0 Å². The quantitative estimate of drug-likeness (QED) is 0.504. The first-order valence-corrected chi connectivity index (χ1v) is 4.23. The Morgan fingerprint density at radius 2 is 1.94 bits per heavy atom. The van der Waals surface area contributed by atoms with E-state index in [9.17, 15) is 14.0 Å².